The molecule has 2 aromatic carbocycles. The molecule has 1 aliphatic heterocycles. The second-order valence-corrected chi connectivity index (χ2v) is 12.0. The fourth-order valence-electron chi connectivity index (χ4n) is 4.37. The number of piperazine rings is 1. The lowest BCUT2D eigenvalue weighted by Crippen LogP contribution is -2.50. The Hall–Kier alpha value is -2.92. The molecular formula is C25H25ClN4O4S2. The van der Waals surface area contributed by atoms with Gasteiger partial charge in [-0.25, -0.2) is 13.1 Å². The molecule has 0 radical (unpaired) electrons. The van der Waals surface area contributed by atoms with E-state index in [4.69, 9.17) is 16.3 Å². The first-order chi connectivity index (χ1) is 17.2. The molecule has 0 atom stereocenters. The van der Waals surface area contributed by atoms with E-state index in [-0.39, 0.29) is 42.7 Å². The molecule has 0 bridgehead atoms. The number of hydrogen-bond donors (Lipinski definition) is 0. The lowest BCUT2D eigenvalue weighted by molar-refractivity contribution is 0.0702. The third-order valence-electron chi connectivity index (χ3n) is 6.27. The van der Waals surface area contributed by atoms with Gasteiger partial charge < -0.3 is 9.64 Å². The highest BCUT2D eigenvalue weighted by molar-refractivity contribution is 7.89. The third kappa shape index (κ3) is 4.39. The van der Waals surface area contributed by atoms with Crippen LogP contribution in [-0.4, -0.2) is 66.6 Å². The molecule has 0 unspecified atom stereocenters. The number of amides is 1. The number of aryl methyl sites for hydroxylation is 2. The van der Waals surface area contributed by atoms with E-state index in [0.717, 1.165) is 27.2 Å². The van der Waals surface area contributed by atoms with Crippen LogP contribution in [0.1, 0.15) is 20.9 Å². The number of sulfonamides is 1. The normalized spacial score (nSPS) is 14.9. The van der Waals surface area contributed by atoms with E-state index in [1.54, 1.807) is 11.0 Å². The number of rotatable bonds is 5. The van der Waals surface area contributed by atoms with Crippen LogP contribution in [0.5, 0.6) is 5.75 Å². The molecule has 188 valence electrons. The third-order valence-corrected chi connectivity index (χ3v) is 9.52. The van der Waals surface area contributed by atoms with Crippen molar-refractivity contribution in [1.82, 2.24) is 19.0 Å². The first-order valence-corrected chi connectivity index (χ1v) is 14.0. The van der Waals surface area contributed by atoms with Crippen LogP contribution in [0.3, 0.4) is 0 Å². The van der Waals surface area contributed by atoms with Gasteiger partial charge in [0.2, 0.25) is 10.0 Å². The van der Waals surface area contributed by atoms with Gasteiger partial charge in [0.05, 0.1) is 23.4 Å². The average Bonchev–Trinajstić information content (AvgIpc) is 3.44. The highest BCUT2D eigenvalue weighted by atomic mass is 35.5. The molecule has 1 saturated heterocycles. The minimum absolute atomic E-state index is 0.0259. The molecule has 0 aliphatic carbocycles. The Kier molecular flexibility index (Phi) is 6.54. The minimum atomic E-state index is -3.82. The van der Waals surface area contributed by atoms with Crippen molar-refractivity contribution in [3.05, 3.63) is 69.7 Å². The van der Waals surface area contributed by atoms with E-state index < -0.39 is 10.0 Å². The van der Waals surface area contributed by atoms with Crippen LogP contribution in [-0.2, 0) is 10.0 Å². The Morgan fingerprint density at radius 2 is 1.81 bits per heavy atom. The van der Waals surface area contributed by atoms with E-state index in [2.05, 4.69) is 11.2 Å². The van der Waals surface area contributed by atoms with Crippen molar-refractivity contribution in [1.29, 1.82) is 0 Å². The first kappa shape index (κ1) is 24.8. The zero-order valence-electron chi connectivity index (χ0n) is 20.1. The summed E-state index contributed by atoms with van der Waals surface area (Å²) >= 11 is 7.45. The molecule has 0 N–H and O–H groups in total. The van der Waals surface area contributed by atoms with Crippen LogP contribution < -0.4 is 4.74 Å². The molecule has 5 rings (SSSR count). The number of carbonyl (C=O) groups is 1. The van der Waals surface area contributed by atoms with E-state index in [1.807, 2.05) is 42.8 Å². The Labute approximate surface area is 218 Å². The number of thiophene rings is 1. The molecular weight excluding hydrogens is 520 g/mol. The summed E-state index contributed by atoms with van der Waals surface area (Å²) in [6.07, 6.45) is 0. The molecule has 2 aromatic heterocycles. The van der Waals surface area contributed by atoms with E-state index in [0.29, 0.717) is 9.90 Å². The number of halogens is 1. The summed E-state index contributed by atoms with van der Waals surface area (Å²) < 4.78 is 35.0. The summed E-state index contributed by atoms with van der Waals surface area (Å²) in [7, 11) is -2.40. The second kappa shape index (κ2) is 9.51. The summed E-state index contributed by atoms with van der Waals surface area (Å²) in [6, 6.07) is 14.5. The van der Waals surface area contributed by atoms with Gasteiger partial charge in [0.1, 0.15) is 15.5 Å². The molecule has 36 heavy (non-hydrogen) atoms. The van der Waals surface area contributed by atoms with Crippen molar-refractivity contribution in [2.75, 3.05) is 33.3 Å². The predicted molar refractivity (Wildman–Crippen MR) is 141 cm³/mol. The summed E-state index contributed by atoms with van der Waals surface area (Å²) in [4.78, 5) is 16.6. The highest BCUT2D eigenvalue weighted by Crippen LogP contribution is 2.33. The fourth-order valence-corrected chi connectivity index (χ4v) is 7.36. The number of benzene rings is 2. The minimum Gasteiger partial charge on any atom is -0.495 e. The number of aromatic nitrogens is 2. The molecule has 0 spiro atoms. The van der Waals surface area contributed by atoms with Gasteiger partial charge in [-0.05, 0) is 55.8 Å². The molecule has 1 fully saturated rings. The number of methoxy groups -OCH3 is 1. The number of nitrogens with zero attached hydrogens (tertiary/aromatic N) is 4. The summed E-state index contributed by atoms with van der Waals surface area (Å²) in [5.74, 6) is 0.130. The van der Waals surface area contributed by atoms with Crippen LogP contribution >= 0.6 is 22.9 Å². The maximum Gasteiger partial charge on any atom is 0.264 e. The van der Waals surface area contributed by atoms with Crippen LogP contribution in [0.25, 0.3) is 15.9 Å². The van der Waals surface area contributed by atoms with E-state index >= 15 is 0 Å². The SMILES string of the molecule is COc1ccc(Cl)cc1S(=O)(=O)N1CCN(C(=O)c2cc3c(C)nn(-c4cccc(C)c4)c3s2)CC1. The van der Waals surface area contributed by atoms with Crippen molar-refractivity contribution in [3.8, 4) is 11.4 Å². The molecule has 3 heterocycles. The maximum absolute atomic E-state index is 13.4. The van der Waals surface area contributed by atoms with Gasteiger partial charge in [-0.2, -0.15) is 9.40 Å². The maximum atomic E-state index is 13.4. The number of fused-ring (bicyclic) bond motifs is 1. The van der Waals surface area contributed by atoms with Gasteiger partial charge in [0.15, 0.2) is 0 Å². The van der Waals surface area contributed by atoms with Crippen LogP contribution in [0.4, 0.5) is 0 Å². The smallest absolute Gasteiger partial charge is 0.264 e. The van der Waals surface area contributed by atoms with Crippen LogP contribution in [0, 0.1) is 13.8 Å². The Morgan fingerprint density at radius 1 is 1.06 bits per heavy atom. The predicted octanol–water partition coefficient (Wildman–Crippen LogP) is 4.51. The van der Waals surface area contributed by atoms with Crippen molar-refractivity contribution < 1.29 is 17.9 Å². The van der Waals surface area contributed by atoms with E-state index in [1.165, 1.54) is 34.9 Å². The van der Waals surface area contributed by atoms with Gasteiger partial charge in [0.25, 0.3) is 5.91 Å². The van der Waals surface area contributed by atoms with Gasteiger partial charge in [-0.1, -0.05) is 23.7 Å². The summed E-state index contributed by atoms with van der Waals surface area (Å²) in [5, 5.41) is 5.93. The molecule has 1 amide bonds. The standard InChI is InChI=1S/C25H25ClN4O4S2/c1-16-5-4-6-19(13-16)30-25-20(17(2)27-30)15-22(35-25)24(31)28-9-11-29(12-10-28)36(32,33)23-14-18(26)7-8-21(23)34-3/h4-8,13-15H,9-12H2,1-3H3. The highest BCUT2D eigenvalue weighted by Gasteiger charge is 2.33. The van der Waals surface area contributed by atoms with Crippen LogP contribution in [0.2, 0.25) is 5.02 Å². The zero-order chi connectivity index (χ0) is 25.6. The summed E-state index contributed by atoms with van der Waals surface area (Å²) in [6.45, 7) is 4.91. The van der Waals surface area contributed by atoms with Crippen molar-refractivity contribution in [2.24, 2.45) is 0 Å². The largest absolute Gasteiger partial charge is 0.495 e. The number of ether oxygens (including phenoxy) is 1. The lowest BCUT2D eigenvalue weighted by atomic mass is 10.2. The zero-order valence-corrected chi connectivity index (χ0v) is 22.5. The molecule has 1 aliphatic rings. The quantitative estimate of drug-likeness (QED) is 0.369. The van der Waals surface area contributed by atoms with Gasteiger partial charge >= 0.3 is 0 Å². The van der Waals surface area contributed by atoms with Gasteiger partial charge in [-0.3, -0.25) is 4.79 Å². The molecule has 8 nitrogen and oxygen atoms in total. The molecule has 4 aromatic rings. The number of carbonyl (C=O) groups excluding carboxylic acids is 1. The van der Waals surface area contributed by atoms with Crippen molar-refractivity contribution >= 4 is 49.1 Å². The summed E-state index contributed by atoms with van der Waals surface area (Å²) in [5.41, 5.74) is 2.93. The molecule has 11 heteroatoms. The van der Waals surface area contributed by atoms with E-state index in [9.17, 15) is 13.2 Å². The fraction of sp³-hybridized carbons (Fsp3) is 0.280. The van der Waals surface area contributed by atoms with Gasteiger partial charge in [0, 0.05) is 36.6 Å². The lowest BCUT2D eigenvalue weighted by Gasteiger charge is -2.34. The number of hydrogen-bond acceptors (Lipinski definition) is 6. The molecule has 0 saturated carbocycles. The Morgan fingerprint density at radius 3 is 2.50 bits per heavy atom. The topological polar surface area (TPSA) is 84.7 Å². The van der Waals surface area contributed by atoms with Crippen molar-refractivity contribution in [3.63, 3.8) is 0 Å². The first-order valence-electron chi connectivity index (χ1n) is 11.4. The van der Waals surface area contributed by atoms with Gasteiger partial charge in [-0.15, -0.1) is 11.3 Å². The second-order valence-electron chi connectivity index (χ2n) is 8.66. The Balaban J connectivity index is 1.35. The Bertz CT molecular complexity index is 1570. The monoisotopic (exact) mass is 544 g/mol. The van der Waals surface area contributed by atoms with Crippen molar-refractivity contribution in [2.45, 2.75) is 18.7 Å². The average molecular weight is 545 g/mol. The van der Waals surface area contributed by atoms with Crippen LogP contribution in [0.15, 0.2) is 53.4 Å².